The number of thioether (sulfide) groups is 1. The van der Waals surface area contributed by atoms with Crippen LogP contribution in [0.25, 0.3) is 11.1 Å². The molecule has 1 aromatic carbocycles. The summed E-state index contributed by atoms with van der Waals surface area (Å²) in [4.78, 5) is 17.3. The summed E-state index contributed by atoms with van der Waals surface area (Å²) in [6, 6.07) is 7.38. The Balaban J connectivity index is 1.67. The highest BCUT2D eigenvalue weighted by atomic mass is 32.2. The van der Waals surface area contributed by atoms with Crippen LogP contribution in [0.1, 0.15) is 47.7 Å². The monoisotopic (exact) mass is 428 g/mol. The van der Waals surface area contributed by atoms with Crippen LogP contribution in [0.5, 0.6) is 0 Å². The van der Waals surface area contributed by atoms with Crippen LogP contribution in [0.4, 0.5) is 0 Å². The number of hydrazone groups is 1. The fourth-order valence-electron chi connectivity index (χ4n) is 3.55. The standard InChI is InChI=1S/C20H20N4O3S2/c1-10-15-12(23-24-18(21)28)8-20(2,3)9-14(15)26-16(10)17(25)29-19-22-11-6-4-5-7-13(11)27-19/h4-7H,8-9H2,1-3H3,(H3,21,24,28)/b23-12-. The second kappa shape index (κ2) is 7.31. The van der Waals surface area contributed by atoms with Crippen LogP contribution in [-0.2, 0) is 6.42 Å². The molecule has 2 aromatic heterocycles. The topological polar surface area (TPSA) is 107 Å². The third kappa shape index (κ3) is 3.92. The molecular weight excluding hydrogens is 408 g/mol. The van der Waals surface area contributed by atoms with E-state index in [9.17, 15) is 4.79 Å². The predicted molar refractivity (Wildman–Crippen MR) is 116 cm³/mol. The van der Waals surface area contributed by atoms with Crippen molar-refractivity contribution in [2.24, 2.45) is 16.3 Å². The van der Waals surface area contributed by atoms with E-state index in [0.717, 1.165) is 34.4 Å². The maximum absolute atomic E-state index is 12.9. The zero-order valence-electron chi connectivity index (χ0n) is 16.2. The summed E-state index contributed by atoms with van der Waals surface area (Å²) in [5.41, 5.74) is 11.8. The minimum atomic E-state index is -0.261. The van der Waals surface area contributed by atoms with Crippen molar-refractivity contribution in [3.05, 3.63) is 46.9 Å². The molecule has 9 heteroatoms. The van der Waals surface area contributed by atoms with Crippen LogP contribution in [0.3, 0.4) is 0 Å². The third-order valence-electron chi connectivity index (χ3n) is 4.73. The molecule has 0 bridgehead atoms. The molecule has 0 aliphatic heterocycles. The van der Waals surface area contributed by atoms with E-state index < -0.39 is 0 Å². The van der Waals surface area contributed by atoms with Crippen LogP contribution < -0.4 is 11.2 Å². The lowest BCUT2D eigenvalue weighted by Crippen LogP contribution is -2.31. The molecule has 0 spiro atoms. The van der Waals surface area contributed by atoms with Crippen LogP contribution in [0, 0.1) is 12.3 Å². The zero-order chi connectivity index (χ0) is 20.8. The number of nitrogens with two attached hydrogens (primary N) is 1. The lowest BCUT2D eigenvalue weighted by Gasteiger charge is -2.29. The van der Waals surface area contributed by atoms with Crippen molar-refractivity contribution in [3.63, 3.8) is 0 Å². The number of nitrogens with zero attached hydrogens (tertiary/aromatic N) is 2. The van der Waals surface area contributed by atoms with Gasteiger partial charge in [0, 0.05) is 29.3 Å². The van der Waals surface area contributed by atoms with E-state index in [4.69, 9.17) is 26.8 Å². The number of aromatic nitrogens is 1. The van der Waals surface area contributed by atoms with Crippen LogP contribution in [0.15, 0.2) is 43.4 Å². The molecule has 3 N–H and O–H groups in total. The van der Waals surface area contributed by atoms with Crippen molar-refractivity contribution in [1.82, 2.24) is 10.4 Å². The molecule has 1 aliphatic carbocycles. The maximum atomic E-state index is 12.9. The minimum absolute atomic E-state index is 0.0677. The summed E-state index contributed by atoms with van der Waals surface area (Å²) >= 11 is 5.77. The van der Waals surface area contributed by atoms with Gasteiger partial charge in [-0.2, -0.15) is 5.10 Å². The van der Waals surface area contributed by atoms with Gasteiger partial charge in [-0.25, -0.2) is 4.98 Å². The van der Waals surface area contributed by atoms with E-state index in [-0.39, 0.29) is 26.6 Å². The summed E-state index contributed by atoms with van der Waals surface area (Å²) in [5.74, 6) is 1.02. The lowest BCUT2D eigenvalue weighted by molar-refractivity contribution is 0.106. The Morgan fingerprint density at radius 1 is 1.31 bits per heavy atom. The number of benzene rings is 1. The summed E-state index contributed by atoms with van der Waals surface area (Å²) < 4.78 is 11.7. The number of thiocarbonyl (C=S) groups is 1. The molecule has 4 rings (SSSR count). The van der Waals surface area contributed by atoms with Gasteiger partial charge < -0.3 is 14.6 Å². The van der Waals surface area contributed by atoms with Gasteiger partial charge in [-0.3, -0.25) is 10.2 Å². The van der Waals surface area contributed by atoms with E-state index in [2.05, 4.69) is 29.4 Å². The Morgan fingerprint density at radius 3 is 2.79 bits per heavy atom. The fraction of sp³-hybridized carbons (Fsp3) is 0.300. The van der Waals surface area contributed by atoms with E-state index >= 15 is 0 Å². The molecular formula is C20H20N4O3S2. The molecule has 29 heavy (non-hydrogen) atoms. The van der Waals surface area contributed by atoms with Gasteiger partial charge in [0.2, 0.25) is 0 Å². The Hall–Kier alpha value is -2.65. The van der Waals surface area contributed by atoms with E-state index in [1.165, 1.54) is 0 Å². The van der Waals surface area contributed by atoms with E-state index in [1.54, 1.807) is 0 Å². The first kappa shape index (κ1) is 19.7. The predicted octanol–water partition coefficient (Wildman–Crippen LogP) is 4.17. The number of rotatable bonds is 3. The molecule has 150 valence electrons. The smallest absolute Gasteiger partial charge is 0.264 e. The van der Waals surface area contributed by atoms with Crippen molar-refractivity contribution in [3.8, 4) is 0 Å². The number of nitrogens with one attached hydrogen (secondary N) is 1. The Kier molecular flexibility index (Phi) is 4.95. The second-order valence-electron chi connectivity index (χ2n) is 7.74. The molecule has 0 unspecified atom stereocenters. The van der Waals surface area contributed by atoms with Gasteiger partial charge in [0.15, 0.2) is 16.5 Å². The molecule has 0 fully saturated rings. The first-order chi connectivity index (χ1) is 13.7. The quantitative estimate of drug-likeness (QED) is 0.364. The molecule has 3 aromatic rings. The minimum Gasteiger partial charge on any atom is -0.456 e. The van der Waals surface area contributed by atoms with Crippen molar-refractivity contribution in [2.75, 3.05) is 0 Å². The van der Waals surface area contributed by atoms with Crippen LogP contribution >= 0.6 is 24.0 Å². The first-order valence-corrected chi connectivity index (χ1v) is 10.3. The number of oxazole rings is 1. The lowest BCUT2D eigenvalue weighted by atomic mass is 9.75. The molecule has 2 heterocycles. The van der Waals surface area contributed by atoms with Crippen molar-refractivity contribution < 1.29 is 13.6 Å². The van der Waals surface area contributed by atoms with E-state index in [0.29, 0.717) is 23.9 Å². The summed E-state index contributed by atoms with van der Waals surface area (Å²) in [6.45, 7) is 6.11. The van der Waals surface area contributed by atoms with Crippen molar-refractivity contribution >= 4 is 51.0 Å². The zero-order valence-corrected chi connectivity index (χ0v) is 17.9. The van der Waals surface area contributed by atoms with Crippen molar-refractivity contribution in [1.29, 1.82) is 0 Å². The third-order valence-corrected chi connectivity index (χ3v) is 5.55. The van der Waals surface area contributed by atoms with Gasteiger partial charge in [0.05, 0.1) is 5.71 Å². The van der Waals surface area contributed by atoms with Crippen molar-refractivity contribution in [2.45, 2.75) is 38.8 Å². The average Bonchev–Trinajstić information content (AvgIpc) is 3.19. The number of carbonyl (C=O) groups excluding carboxylic acids is 1. The van der Waals surface area contributed by atoms with Crippen LogP contribution in [-0.4, -0.2) is 20.9 Å². The first-order valence-electron chi connectivity index (χ1n) is 9.06. The summed E-state index contributed by atoms with van der Waals surface area (Å²) in [7, 11) is 0. The maximum Gasteiger partial charge on any atom is 0.264 e. The number of hydrogen-bond donors (Lipinski definition) is 2. The van der Waals surface area contributed by atoms with Gasteiger partial charge >= 0.3 is 0 Å². The van der Waals surface area contributed by atoms with Gasteiger partial charge in [-0.15, -0.1) is 0 Å². The van der Waals surface area contributed by atoms with Gasteiger partial charge in [0.25, 0.3) is 10.3 Å². The van der Waals surface area contributed by atoms with Gasteiger partial charge in [-0.1, -0.05) is 26.0 Å². The average molecular weight is 429 g/mol. The highest BCUT2D eigenvalue weighted by Crippen LogP contribution is 2.40. The Labute approximate surface area is 177 Å². The van der Waals surface area contributed by atoms with Gasteiger partial charge in [-0.05, 0) is 43.1 Å². The summed E-state index contributed by atoms with van der Waals surface area (Å²) in [6.07, 6.45) is 1.41. The Morgan fingerprint density at radius 2 is 2.07 bits per heavy atom. The number of para-hydroxylation sites is 2. The summed E-state index contributed by atoms with van der Waals surface area (Å²) in [5, 5.41) is 4.47. The highest BCUT2D eigenvalue weighted by Gasteiger charge is 2.36. The molecule has 0 saturated heterocycles. The number of carbonyl (C=O) groups is 1. The number of fused-ring (bicyclic) bond motifs is 2. The SMILES string of the molecule is Cc1c(C(=O)Sc2nc3ccccc3o2)oc2c1/C(=N\NC(N)=S)CC(C)(C)C2. The molecule has 0 atom stereocenters. The number of hydrogen-bond acceptors (Lipinski definition) is 7. The molecule has 0 saturated carbocycles. The van der Waals surface area contributed by atoms with E-state index in [1.807, 2.05) is 31.2 Å². The molecule has 0 amide bonds. The second-order valence-corrected chi connectivity index (χ2v) is 9.11. The molecule has 7 nitrogen and oxygen atoms in total. The van der Waals surface area contributed by atoms with Gasteiger partial charge in [0.1, 0.15) is 11.3 Å². The Bertz CT molecular complexity index is 1130. The molecule has 1 aliphatic rings. The highest BCUT2D eigenvalue weighted by molar-refractivity contribution is 8.13. The van der Waals surface area contributed by atoms with Crippen LogP contribution in [0.2, 0.25) is 0 Å². The fourth-order valence-corrected chi connectivity index (χ4v) is 4.31. The molecule has 0 radical (unpaired) electrons. The normalized spacial score (nSPS) is 16.7. The number of furan rings is 1. The largest absolute Gasteiger partial charge is 0.456 e.